The predicted molar refractivity (Wildman–Crippen MR) is 126 cm³/mol. The summed E-state index contributed by atoms with van der Waals surface area (Å²) in [6.45, 7) is 2.02. The van der Waals surface area contributed by atoms with Gasteiger partial charge in [0.25, 0.3) is 5.91 Å². The molecular weight excluding hydrogens is 495 g/mol. The summed E-state index contributed by atoms with van der Waals surface area (Å²) in [6.07, 6.45) is 0. The average Bonchev–Trinajstić information content (AvgIpc) is 3.19. The van der Waals surface area contributed by atoms with Crippen LogP contribution in [0, 0.1) is 0 Å². The van der Waals surface area contributed by atoms with Crippen molar-refractivity contribution in [2.45, 2.75) is 11.3 Å². The number of rotatable bonds is 8. The van der Waals surface area contributed by atoms with Crippen molar-refractivity contribution in [2.75, 3.05) is 23.0 Å². The highest BCUT2D eigenvalue weighted by atomic mass is 35.5. The van der Waals surface area contributed by atoms with Crippen LogP contribution in [0.1, 0.15) is 27.6 Å². The zero-order chi connectivity index (χ0) is 23.1. The van der Waals surface area contributed by atoms with Crippen LogP contribution in [0.5, 0.6) is 0 Å². The Hall–Kier alpha value is -2.66. The normalized spacial score (nSPS) is 10.5. The molecule has 3 aromatic rings. The van der Waals surface area contributed by atoms with Crippen LogP contribution in [0.15, 0.2) is 46.8 Å². The first kappa shape index (κ1) is 24.0. The van der Waals surface area contributed by atoms with Crippen LogP contribution < -0.4 is 10.6 Å². The van der Waals surface area contributed by atoms with E-state index in [9.17, 15) is 14.4 Å². The van der Waals surface area contributed by atoms with Gasteiger partial charge in [0.2, 0.25) is 11.0 Å². The Morgan fingerprint density at radius 3 is 2.34 bits per heavy atom. The molecule has 0 spiro atoms. The van der Waals surface area contributed by atoms with Crippen molar-refractivity contribution in [3.8, 4) is 0 Å². The molecule has 32 heavy (non-hydrogen) atoms. The highest BCUT2D eigenvalue weighted by Gasteiger charge is 2.13. The summed E-state index contributed by atoms with van der Waals surface area (Å²) in [4.78, 5) is 36.1. The Labute approximate surface area is 201 Å². The van der Waals surface area contributed by atoms with E-state index < -0.39 is 11.9 Å². The van der Waals surface area contributed by atoms with Crippen LogP contribution in [0.2, 0.25) is 10.0 Å². The minimum atomic E-state index is -0.425. The number of amides is 2. The predicted octanol–water partition coefficient (Wildman–Crippen LogP) is 5.00. The number of anilines is 2. The molecule has 2 amide bonds. The van der Waals surface area contributed by atoms with Crippen molar-refractivity contribution in [2.24, 2.45) is 0 Å². The van der Waals surface area contributed by atoms with Crippen LogP contribution in [0.3, 0.4) is 0 Å². The first-order valence-corrected chi connectivity index (χ1v) is 11.7. The first-order valence-electron chi connectivity index (χ1n) is 9.15. The van der Waals surface area contributed by atoms with Crippen molar-refractivity contribution in [1.82, 2.24) is 10.2 Å². The zero-order valence-corrected chi connectivity index (χ0v) is 19.7. The van der Waals surface area contributed by atoms with Gasteiger partial charge in [0, 0.05) is 21.3 Å². The Morgan fingerprint density at radius 1 is 1.00 bits per heavy atom. The van der Waals surface area contributed by atoms with Crippen molar-refractivity contribution in [1.29, 1.82) is 0 Å². The van der Waals surface area contributed by atoms with Gasteiger partial charge < -0.3 is 10.1 Å². The molecule has 0 aliphatic carbocycles. The zero-order valence-electron chi connectivity index (χ0n) is 16.6. The summed E-state index contributed by atoms with van der Waals surface area (Å²) in [7, 11) is 0. The quantitative estimate of drug-likeness (QED) is 0.249. The maximum absolute atomic E-state index is 12.3. The van der Waals surface area contributed by atoms with Gasteiger partial charge in [-0.2, -0.15) is 0 Å². The molecule has 0 saturated heterocycles. The fourth-order valence-electron chi connectivity index (χ4n) is 2.40. The van der Waals surface area contributed by atoms with Crippen molar-refractivity contribution in [3.05, 3.63) is 63.6 Å². The summed E-state index contributed by atoms with van der Waals surface area (Å²) in [6, 6.07) is 10.9. The van der Waals surface area contributed by atoms with Gasteiger partial charge in [-0.05, 0) is 49.4 Å². The highest BCUT2D eigenvalue weighted by Crippen LogP contribution is 2.26. The van der Waals surface area contributed by atoms with E-state index in [-0.39, 0.29) is 16.8 Å². The van der Waals surface area contributed by atoms with E-state index in [1.165, 1.54) is 30.0 Å². The number of halogens is 2. The first-order chi connectivity index (χ1) is 15.3. The Bertz CT molecular complexity index is 1120. The lowest BCUT2D eigenvalue weighted by Crippen LogP contribution is -2.14. The Kier molecular flexibility index (Phi) is 8.46. The lowest BCUT2D eigenvalue weighted by Gasteiger charge is -2.06. The minimum Gasteiger partial charge on any atom is -0.462 e. The molecule has 0 saturated carbocycles. The molecule has 2 aromatic carbocycles. The molecule has 12 heteroatoms. The Balaban J connectivity index is 1.49. The number of thioether (sulfide) groups is 1. The molecule has 0 bridgehead atoms. The number of ether oxygens (including phenoxy) is 1. The van der Waals surface area contributed by atoms with Crippen LogP contribution in [0.25, 0.3) is 0 Å². The summed E-state index contributed by atoms with van der Waals surface area (Å²) >= 11 is 14.1. The van der Waals surface area contributed by atoms with E-state index in [0.717, 1.165) is 11.3 Å². The smallest absolute Gasteiger partial charge is 0.338 e. The second kappa shape index (κ2) is 11.3. The summed E-state index contributed by atoms with van der Waals surface area (Å²) in [5.41, 5.74) is 1.25. The maximum Gasteiger partial charge on any atom is 0.338 e. The molecule has 0 fully saturated rings. The number of carbonyl (C=O) groups excluding carboxylic acids is 3. The number of hydrogen-bond acceptors (Lipinski definition) is 8. The molecule has 0 unspecified atom stereocenters. The van der Waals surface area contributed by atoms with E-state index in [0.29, 0.717) is 37.8 Å². The third-order valence-electron chi connectivity index (χ3n) is 3.76. The van der Waals surface area contributed by atoms with Gasteiger partial charge in [-0.15, -0.1) is 10.2 Å². The van der Waals surface area contributed by atoms with Crippen molar-refractivity contribution < 1.29 is 19.1 Å². The minimum absolute atomic E-state index is 0.0894. The lowest BCUT2D eigenvalue weighted by molar-refractivity contribution is -0.113. The topological polar surface area (TPSA) is 110 Å². The van der Waals surface area contributed by atoms with Gasteiger partial charge in [0.05, 0.1) is 17.9 Å². The number of aromatic nitrogens is 2. The van der Waals surface area contributed by atoms with Crippen LogP contribution in [-0.2, 0) is 9.53 Å². The molecule has 3 rings (SSSR count). The molecule has 8 nitrogen and oxygen atoms in total. The number of esters is 1. The monoisotopic (exact) mass is 510 g/mol. The number of nitrogens with zero attached hydrogens (tertiary/aromatic N) is 2. The van der Waals surface area contributed by atoms with Gasteiger partial charge in [-0.3, -0.25) is 14.9 Å². The van der Waals surface area contributed by atoms with E-state index in [2.05, 4.69) is 20.8 Å². The van der Waals surface area contributed by atoms with Gasteiger partial charge in [0.1, 0.15) is 0 Å². The van der Waals surface area contributed by atoms with Gasteiger partial charge in [-0.25, -0.2) is 4.79 Å². The largest absolute Gasteiger partial charge is 0.462 e. The standard InChI is InChI=1S/C20H16Cl2N4O4S2/c1-2-30-18(29)11-3-5-15(6-4-11)23-16(27)10-31-20-26-25-19(32-20)24-17(28)12-7-13(21)9-14(22)8-12/h3-9H,2,10H2,1H3,(H,23,27)(H,24,25,28). The molecule has 0 aliphatic rings. The second-order valence-corrected chi connectivity index (χ2v) is 9.19. The maximum atomic E-state index is 12.3. The van der Waals surface area contributed by atoms with E-state index in [4.69, 9.17) is 27.9 Å². The SMILES string of the molecule is CCOC(=O)c1ccc(NC(=O)CSc2nnc(NC(=O)c3cc(Cl)cc(Cl)c3)s2)cc1. The molecular formula is C20H16Cl2N4O4S2. The molecule has 1 heterocycles. The molecule has 166 valence electrons. The molecule has 0 aliphatic heterocycles. The fourth-order valence-corrected chi connectivity index (χ4v) is 4.47. The summed E-state index contributed by atoms with van der Waals surface area (Å²) in [5.74, 6) is -1.01. The number of carbonyl (C=O) groups is 3. The molecule has 0 radical (unpaired) electrons. The van der Waals surface area contributed by atoms with Crippen LogP contribution in [0.4, 0.5) is 10.8 Å². The molecule has 1 aromatic heterocycles. The Morgan fingerprint density at radius 2 is 1.69 bits per heavy atom. The van der Waals surface area contributed by atoms with Crippen molar-refractivity contribution in [3.63, 3.8) is 0 Å². The van der Waals surface area contributed by atoms with E-state index >= 15 is 0 Å². The molecule has 0 atom stereocenters. The third-order valence-corrected chi connectivity index (χ3v) is 6.17. The summed E-state index contributed by atoms with van der Waals surface area (Å²) in [5, 5.41) is 14.2. The average molecular weight is 511 g/mol. The van der Waals surface area contributed by atoms with Crippen LogP contribution >= 0.6 is 46.3 Å². The van der Waals surface area contributed by atoms with Crippen LogP contribution in [-0.4, -0.2) is 40.3 Å². The van der Waals surface area contributed by atoms with Gasteiger partial charge in [0.15, 0.2) is 4.34 Å². The number of benzene rings is 2. The van der Waals surface area contributed by atoms with E-state index in [1.54, 1.807) is 31.2 Å². The van der Waals surface area contributed by atoms with Gasteiger partial charge >= 0.3 is 5.97 Å². The lowest BCUT2D eigenvalue weighted by atomic mass is 10.2. The highest BCUT2D eigenvalue weighted by molar-refractivity contribution is 8.01. The van der Waals surface area contributed by atoms with E-state index in [1.807, 2.05) is 0 Å². The van der Waals surface area contributed by atoms with Gasteiger partial charge in [-0.1, -0.05) is 46.3 Å². The number of nitrogens with one attached hydrogen (secondary N) is 2. The van der Waals surface area contributed by atoms with Crippen molar-refractivity contribution >= 4 is 74.9 Å². The third kappa shape index (κ3) is 6.92. The fraction of sp³-hybridized carbons (Fsp3) is 0.150. The number of hydrogen-bond donors (Lipinski definition) is 2. The summed E-state index contributed by atoms with van der Waals surface area (Å²) < 4.78 is 5.43. The molecule has 2 N–H and O–H groups in total. The second-order valence-electron chi connectivity index (χ2n) is 6.12.